The van der Waals surface area contributed by atoms with Crippen molar-refractivity contribution in [2.75, 3.05) is 31.6 Å². The summed E-state index contributed by atoms with van der Waals surface area (Å²) in [7, 11) is -1.48. The van der Waals surface area contributed by atoms with Gasteiger partial charge in [-0.1, -0.05) is 49.2 Å². The molecule has 0 aromatic heterocycles. The molecule has 1 N–H and O–H groups in total. The van der Waals surface area contributed by atoms with Crippen LogP contribution in [0.2, 0.25) is 10.0 Å². The average molecular weight is 665 g/mol. The molecule has 0 radical (unpaired) electrons. The van der Waals surface area contributed by atoms with E-state index in [1.54, 1.807) is 37.3 Å². The van der Waals surface area contributed by atoms with E-state index in [4.69, 9.17) is 32.7 Å². The molecule has 12 heteroatoms. The van der Waals surface area contributed by atoms with Gasteiger partial charge in [-0.25, -0.2) is 8.42 Å². The van der Waals surface area contributed by atoms with Crippen molar-refractivity contribution in [3.63, 3.8) is 0 Å². The minimum Gasteiger partial charge on any atom is -0.493 e. The zero-order chi connectivity index (χ0) is 32.8. The van der Waals surface area contributed by atoms with Crippen LogP contribution in [0.15, 0.2) is 59.5 Å². The van der Waals surface area contributed by atoms with Crippen LogP contribution in [0.25, 0.3) is 0 Å². The normalized spacial score (nSPS) is 12.0. The third-order valence-corrected chi connectivity index (χ3v) is 9.44. The Morgan fingerprint density at radius 2 is 1.48 bits per heavy atom. The molecule has 0 saturated carbocycles. The van der Waals surface area contributed by atoms with E-state index < -0.39 is 34.4 Å². The smallest absolute Gasteiger partial charge is 0.264 e. The maximum absolute atomic E-state index is 14.3. The number of hydrogen-bond donors (Lipinski definition) is 1. The van der Waals surface area contributed by atoms with Crippen LogP contribution >= 0.6 is 23.2 Å². The van der Waals surface area contributed by atoms with Crippen molar-refractivity contribution in [3.8, 4) is 11.5 Å². The van der Waals surface area contributed by atoms with Crippen molar-refractivity contribution in [1.82, 2.24) is 10.2 Å². The summed E-state index contributed by atoms with van der Waals surface area (Å²) in [5.41, 5.74) is 2.34. The standard InChI is InChI=1S/C32H39Cl2N3O6S/c1-20(2)17-35-32(39)23(5)36(18-26-27(33)9-8-10-28(26)34)31(38)19-37(24-14-21(3)13-22(4)15-24)44(40,41)25-11-12-29(42-6)30(16-25)43-7/h8-16,20,23H,17-19H2,1-7H3,(H,35,39)/t23-/m0/s1. The first kappa shape index (κ1) is 35.0. The number of nitrogens with zero attached hydrogens (tertiary/aromatic N) is 2. The molecule has 44 heavy (non-hydrogen) atoms. The number of ether oxygens (including phenoxy) is 2. The van der Waals surface area contributed by atoms with Gasteiger partial charge in [0.15, 0.2) is 11.5 Å². The molecular formula is C32H39Cl2N3O6S. The van der Waals surface area contributed by atoms with Gasteiger partial charge in [0.05, 0.1) is 24.8 Å². The Morgan fingerprint density at radius 1 is 0.886 bits per heavy atom. The number of nitrogens with one attached hydrogen (secondary N) is 1. The largest absolute Gasteiger partial charge is 0.493 e. The number of rotatable bonds is 13. The van der Waals surface area contributed by atoms with Crippen molar-refractivity contribution in [3.05, 3.63) is 81.3 Å². The third kappa shape index (κ3) is 8.37. The van der Waals surface area contributed by atoms with Crippen LogP contribution < -0.4 is 19.1 Å². The monoisotopic (exact) mass is 663 g/mol. The zero-order valence-corrected chi connectivity index (χ0v) is 28.3. The van der Waals surface area contributed by atoms with Gasteiger partial charge in [0.2, 0.25) is 11.8 Å². The minimum atomic E-state index is -4.33. The van der Waals surface area contributed by atoms with Crippen LogP contribution in [0.1, 0.15) is 37.5 Å². The van der Waals surface area contributed by atoms with Crippen LogP contribution in [0.4, 0.5) is 5.69 Å². The first-order chi connectivity index (χ1) is 20.7. The van der Waals surface area contributed by atoms with Crippen molar-refractivity contribution in [1.29, 1.82) is 0 Å². The van der Waals surface area contributed by atoms with Gasteiger partial charge in [-0.05, 0) is 74.2 Å². The molecule has 0 fully saturated rings. The fourth-order valence-corrected chi connectivity index (χ4v) is 6.55. The molecule has 3 aromatic rings. The Kier molecular flexibility index (Phi) is 11.9. The van der Waals surface area contributed by atoms with Gasteiger partial charge >= 0.3 is 0 Å². The van der Waals surface area contributed by atoms with Gasteiger partial charge in [0.1, 0.15) is 12.6 Å². The molecule has 3 aromatic carbocycles. The molecular weight excluding hydrogens is 625 g/mol. The quantitative estimate of drug-likeness (QED) is 0.240. The highest BCUT2D eigenvalue weighted by atomic mass is 35.5. The Bertz CT molecular complexity index is 1570. The van der Waals surface area contributed by atoms with E-state index in [0.29, 0.717) is 33.6 Å². The summed E-state index contributed by atoms with van der Waals surface area (Å²) in [4.78, 5) is 28.6. The highest BCUT2D eigenvalue weighted by molar-refractivity contribution is 7.92. The summed E-state index contributed by atoms with van der Waals surface area (Å²) < 4.78 is 40.2. The molecule has 0 spiro atoms. The summed E-state index contributed by atoms with van der Waals surface area (Å²) >= 11 is 12.9. The van der Waals surface area contributed by atoms with Gasteiger partial charge in [-0.15, -0.1) is 0 Å². The van der Waals surface area contributed by atoms with Crippen molar-refractivity contribution < 1.29 is 27.5 Å². The van der Waals surface area contributed by atoms with E-state index in [2.05, 4.69) is 5.32 Å². The summed E-state index contributed by atoms with van der Waals surface area (Å²) in [6.45, 7) is 8.85. The van der Waals surface area contributed by atoms with E-state index >= 15 is 0 Å². The van der Waals surface area contributed by atoms with Crippen LogP contribution in [0.3, 0.4) is 0 Å². The second kappa shape index (κ2) is 15.0. The van der Waals surface area contributed by atoms with E-state index in [0.717, 1.165) is 15.4 Å². The number of carbonyl (C=O) groups is 2. The zero-order valence-electron chi connectivity index (χ0n) is 26.0. The Hall–Kier alpha value is -3.47. The highest BCUT2D eigenvalue weighted by Gasteiger charge is 2.34. The van der Waals surface area contributed by atoms with Gasteiger partial charge in [-0.3, -0.25) is 13.9 Å². The fraction of sp³-hybridized carbons (Fsp3) is 0.375. The molecule has 0 saturated heterocycles. The number of aryl methyl sites for hydroxylation is 2. The molecule has 2 amide bonds. The molecule has 3 rings (SSSR count). The Balaban J connectivity index is 2.13. The lowest BCUT2D eigenvalue weighted by molar-refractivity contribution is -0.139. The van der Waals surface area contributed by atoms with Crippen molar-refractivity contribution in [2.45, 2.75) is 52.1 Å². The number of anilines is 1. The maximum atomic E-state index is 14.3. The second-order valence-electron chi connectivity index (χ2n) is 10.9. The Morgan fingerprint density at radius 3 is 2.02 bits per heavy atom. The molecule has 0 bridgehead atoms. The molecule has 9 nitrogen and oxygen atoms in total. The van der Waals surface area contributed by atoms with Gasteiger partial charge in [0, 0.05) is 34.8 Å². The first-order valence-electron chi connectivity index (χ1n) is 14.0. The van der Waals surface area contributed by atoms with Crippen LogP contribution in [0, 0.1) is 19.8 Å². The van der Waals surface area contributed by atoms with Gasteiger partial charge in [-0.2, -0.15) is 0 Å². The molecule has 1 atom stereocenters. The summed E-state index contributed by atoms with van der Waals surface area (Å²) in [6.07, 6.45) is 0. The lowest BCUT2D eigenvalue weighted by Crippen LogP contribution is -2.51. The highest BCUT2D eigenvalue weighted by Crippen LogP contribution is 2.33. The van der Waals surface area contributed by atoms with E-state index in [1.165, 1.54) is 37.3 Å². The SMILES string of the molecule is COc1ccc(S(=O)(=O)N(CC(=O)N(Cc2c(Cl)cccc2Cl)[C@@H](C)C(=O)NCC(C)C)c2cc(C)cc(C)c2)cc1OC. The number of amides is 2. The Labute approximate surface area is 270 Å². The van der Waals surface area contributed by atoms with Crippen LogP contribution in [-0.2, 0) is 26.2 Å². The number of hydrogen-bond acceptors (Lipinski definition) is 6. The van der Waals surface area contributed by atoms with E-state index in [9.17, 15) is 18.0 Å². The van der Waals surface area contributed by atoms with Crippen molar-refractivity contribution in [2.24, 2.45) is 5.92 Å². The molecule has 0 heterocycles. The fourth-order valence-electron chi connectivity index (χ4n) is 4.62. The first-order valence-corrected chi connectivity index (χ1v) is 16.2. The second-order valence-corrected chi connectivity index (χ2v) is 13.6. The van der Waals surface area contributed by atoms with E-state index in [1.807, 2.05) is 33.8 Å². The summed E-state index contributed by atoms with van der Waals surface area (Å²) in [6, 6.07) is 13.5. The van der Waals surface area contributed by atoms with Crippen LogP contribution in [-0.4, -0.2) is 58.5 Å². The number of carbonyl (C=O) groups excluding carboxylic acids is 2. The third-order valence-electron chi connectivity index (χ3n) is 6.96. The molecule has 0 unspecified atom stereocenters. The maximum Gasteiger partial charge on any atom is 0.264 e. The lowest BCUT2D eigenvalue weighted by atomic mass is 10.1. The van der Waals surface area contributed by atoms with Crippen molar-refractivity contribution >= 4 is 50.7 Å². The molecule has 238 valence electrons. The summed E-state index contributed by atoms with van der Waals surface area (Å²) in [5, 5.41) is 3.48. The lowest BCUT2D eigenvalue weighted by Gasteiger charge is -2.32. The number of methoxy groups -OCH3 is 2. The minimum absolute atomic E-state index is 0.106. The number of benzene rings is 3. The predicted octanol–water partition coefficient (Wildman–Crippen LogP) is 6.01. The number of halogens is 2. The van der Waals surface area contributed by atoms with Crippen LogP contribution in [0.5, 0.6) is 11.5 Å². The predicted molar refractivity (Wildman–Crippen MR) is 174 cm³/mol. The molecule has 0 aliphatic rings. The summed E-state index contributed by atoms with van der Waals surface area (Å²) in [5.74, 6) is -0.275. The van der Waals surface area contributed by atoms with Gasteiger partial charge in [0.25, 0.3) is 10.0 Å². The topological polar surface area (TPSA) is 105 Å². The van der Waals surface area contributed by atoms with Gasteiger partial charge < -0.3 is 19.7 Å². The number of sulfonamides is 1. The molecule has 0 aliphatic heterocycles. The molecule has 0 aliphatic carbocycles. The van der Waals surface area contributed by atoms with E-state index in [-0.39, 0.29) is 23.1 Å². The average Bonchev–Trinajstić information content (AvgIpc) is 2.96.